The van der Waals surface area contributed by atoms with Crippen molar-refractivity contribution in [2.75, 3.05) is 19.6 Å². The van der Waals surface area contributed by atoms with Crippen LogP contribution < -0.4 is 5.32 Å². The summed E-state index contributed by atoms with van der Waals surface area (Å²) in [4.78, 5) is 14.9. The first kappa shape index (κ1) is 18.0. The van der Waals surface area contributed by atoms with Crippen LogP contribution in [-0.4, -0.2) is 46.3 Å². The van der Waals surface area contributed by atoms with E-state index in [1.165, 1.54) is 25.9 Å². The highest BCUT2D eigenvalue weighted by Crippen LogP contribution is 2.17. The third kappa shape index (κ3) is 4.80. The van der Waals surface area contributed by atoms with Gasteiger partial charge in [-0.05, 0) is 52.1 Å². The third-order valence-electron chi connectivity index (χ3n) is 4.93. The molecule has 1 aromatic rings. The van der Waals surface area contributed by atoms with Crippen LogP contribution in [0.1, 0.15) is 50.1 Å². The van der Waals surface area contributed by atoms with Crippen LogP contribution in [0.25, 0.3) is 0 Å². The molecule has 0 spiro atoms. The summed E-state index contributed by atoms with van der Waals surface area (Å²) in [6, 6.07) is 0.470. The summed E-state index contributed by atoms with van der Waals surface area (Å²) in [7, 11) is 1.93. The first-order chi connectivity index (χ1) is 10.9. The molecule has 130 valence electrons. The fourth-order valence-electron chi connectivity index (χ4n) is 3.54. The fraction of sp³-hybridized carbons (Fsp3) is 0.778. The molecule has 1 saturated heterocycles. The molecule has 2 heterocycles. The molecule has 1 aliphatic rings. The second-order valence-corrected chi connectivity index (χ2v) is 7.28. The molecule has 1 aliphatic heterocycles. The number of aromatic nitrogens is 2. The van der Waals surface area contributed by atoms with Crippen molar-refractivity contribution in [1.29, 1.82) is 0 Å². The lowest BCUT2D eigenvalue weighted by atomic mass is 10.0. The van der Waals surface area contributed by atoms with E-state index in [0.717, 1.165) is 29.9 Å². The van der Waals surface area contributed by atoms with Gasteiger partial charge in [0, 0.05) is 30.9 Å². The Kier molecular flexibility index (Phi) is 6.22. The molecule has 5 heteroatoms. The zero-order valence-electron chi connectivity index (χ0n) is 15.4. The van der Waals surface area contributed by atoms with Crippen LogP contribution in [0.3, 0.4) is 0 Å². The van der Waals surface area contributed by atoms with Crippen molar-refractivity contribution in [2.45, 2.75) is 59.4 Å². The molecule has 0 saturated carbocycles. The van der Waals surface area contributed by atoms with Gasteiger partial charge in [-0.15, -0.1) is 0 Å². The lowest BCUT2D eigenvalue weighted by Gasteiger charge is -2.29. The highest BCUT2D eigenvalue weighted by atomic mass is 16.1. The Bertz CT molecular complexity index is 529. The van der Waals surface area contributed by atoms with E-state index in [2.05, 4.69) is 29.2 Å². The number of nitrogens with one attached hydrogen (secondary N) is 1. The largest absolute Gasteiger partial charge is 0.354 e. The minimum Gasteiger partial charge on any atom is -0.354 e. The molecule has 1 fully saturated rings. The Balaban J connectivity index is 1.90. The number of nitrogens with zero attached hydrogens (tertiary/aromatic N) is 3. The van der Waals surface area contributed by atoms with Crippen LogP contribution in [0.15, 0.2) is 0 Å². The van der Waals surface area contributed by atoms with E-state index in [9.17, 15) is 4.79 Å². The first-order valence-corrected chi connectivity index (χ1v) is 8.88. The molecule has 5 nitrogen and oxygen atoms in total. The normalized spacial score (nSPS) is 17.0. The maximum Gasteiger partial charge on any atom is 0.224 e. The van der Waals surface area contributed by atoms with Gasteiger partial charge in [0.2, 0.25) is 5.91 Å². The summed E-state index contributed by atoms with van der Waals surface area (Å²) >= 11 is 0. The van der Waals surface area contributed by atoms with Gasteiger partial charge in [-0.3, -0.25) is 14.4 Å². The van der Waals surface area contributed by atoms with Crippen LogP contribution in [0.2, 0.25) is 0 Å². The van der Waals surface area contributed by atoms with Gasteiger partial charge in [-0.1, -0.05) is 13.8 Å². The average molecular weight is 320 g/mol. The fourth-order valence-corrected chi connectivity index (χ4v) is 3.54. The maximum atomic E-state index is 12.4. The topological polar surface area (TPSA) is 50.2 Å². The van der Waals surface area contributed by atoms with Gasteiger partial charge in [0.25, 0.3) is 0 Å². The third-order valence-corrected chi connectivity index (χ3v) is 4.93. The summed E-state index contributed by atoms with van der Waals surface area (Å²) in [5.74, 6) is 0.762. The van der Waals surface area contributed by atoms with Crippen molar-refractivity contribution in [3.8, 4) is 0 Å². The highest BCUT2D eigenvalue weighted by molar-refractivity contribution is 5.79. The Morgan fingerprint density at radius 2 is 1.91 bits per heavy atom. The van der Waals surface area contributed by atoms with E-state index in [4.69, 9.17) is 0 Å². The number of carbonyl (C=O) groups excluding carboxylic acids is 1. The van der Waals surface area contributed by atoms with Crippen molar-refractivity contribution in [3.63, 3.8) is 0 Å². The van der Waals surface area contributed by atoms with E-state index >= 15 is 0 Å². The number of likely N-dealkylation sites (tertiary alicyclic amines) is 1. The molecule has 1 atom stereocenters. The van der Waals surface area contributed by atoms with Crippen LogP contribution in [0.5, 0.6) is 0 Å². The summed E-state index contributed by atoms with van der Waals surface area (Å²) in [6.45, 7) is 11.6. The Labute approximate surface area is 140 Å². The van der Waals surface area contributed by atoms with Crippen molar-refractivity contribution in [3.05, 3.63) is 17.0 Å². The first-order valence-electron chi connectivity index (χ1n) is 8.88. The van der Waals surface area contributed by atoms with E-state index in [1.807, 2.05) is 25.6 Å². The van der Waals surface area contributed by atoms with Gasteiger partial charge in [-0.25, -0.2) is 0 Å². The predicted octanol–water partition coefficient (Wildman–Crippen LogP) is 2.21. The molecule has 23 heavy (non-hydrogen) atoms. The predicted molar refractivity (Wildman–Crippen MR) is 93.4 cm³/mol. The molecule has 1 aromatic heterocycles. The molecular weight excluding hydrogens is 288 g/mol. The lowest BCUT2D eigenvalue weighted by molar-refractivity contribution is -0.120. The summed E-state index contributed by atoms with van der Waals surface area (Å²) in [5, 5.41) is 7.55. The van der Waals surface area contributed by atoms with Crippen LogP contribution in [-0.2, 0) is 18.3 Å². The van der Waals surface area contributed by atoms with E-state index in [-0.39, 0.29) is 5.91 Å². The van der Waals surface area contributed by atoms with Crippen LogP contribution in [0, 0.1) is 19.8 Å². The number of amides is 1. The molecule has 0 radical (unpaired) electrons. The molecule has 0 bridgehead atoms. The van der Waals surface area contributed by atoms with Gasteiger partial charge >= 0.3 is 0 Å². The van der Waals surface area contributed by atoms with Crippen LogP contribution >= 0.6 is 0 Å². The summed E-state index contributed by atoms with van der Waals surface area (Å²) in [5.41, 5.74) is 3.10. The number of carbonyl (C=O) groups is 1. The smallest absolute Gasteiger partial charge is 0.224 e. The minimum atomic E-state index is 0.108. The zero-order chi connectivity index (χ0) is 17.0. The minimum absolute atomic E-state index is 0.108. The summed E-state index contributed by atoms with van der Waals surface area (Å²) < 4.78 is 1.85. The van der Waals surface area contributed by atoms with Crippen molar-refractivity contribution < 1.29 is 4.79 Å². The molecule has 0 aliphatic carbocycles. The van der Waals surface area contributed by atoms with Gasteiger partial charge < -0.3 is 5.32 Å². The average Bonchev–Trinajstić information content (AvgIpc) is 3.08. The molecule has 1 N–H and O–H groups in total. The van der Waals surface area contributed by atoms with Gasteiger partial charge in [0.15, 0.2) is 0 Å². The number of hydrogen-bond donors (Lipinski definition) is 1. The van der Waals surface area contributed by atoms with Gasteiger partial charge in [0.1, 0.15) is 0 Å². The van der Waals surface area contributed by atoms with E-state index < -0.39 is 0 Å². The standard InChI is InChI=1S/C18H32N4O/c1-13(2)10-16(22-8-6-7-9-22)12-19-18(23)11-17-14(3)20-21(5)15(17)4/h13,16H,6-12H2,1-5H3,(H,19,23). The zero-order valence-corrected chi connectivity index (χ0v) is 15.4. The SMILES string of the molecule is Cc1nn(C)c(C)c1CC(=O)NCC(CC(C)C)N1CCCC1. The Morgan fingerprint density at radius 1 is 1.26 bits per heavy atom. The highest BCUT2D eigenvalue weighted by Gasteiger charge is 2.23. The number of rotatable bonds is 7. The van der Waals surface area contributed by atoms with E-state index in [0.29, 0.717) is 18.4 Å². The molecule has 2 rings (SSSR count). The molecule has 1 unspecified atom stereocenters. The van der Waals surface area contributed by atoms with Crippen molar-refractivity contribution in [2.24, 2.45) is 13.0 Å². The molecule has 1 amide bonds. The molecule has 0 aromatic carbocycles. The quantitative estimate of drug-likeness (QED) is 0.838. The monoisotopic (exact) mass is 320 g/mol. The van der Waals surface area contributed by atoms with E-state index in [1.54, 1.807) is 0 Å². The van der Waals surface area contributed by atoms with Crippen molar-refractivity contribution >= 4 is 5.91 Å². The van der Waals surface area contributed by atoms with Crippen LogP contribution in [0.4, 0.5) is 0 Å². The lowest BCUT2D eigenvalue weighted by Crippen LogP contribution is -2.43. The van der Waals surface area contributed by atoms with Gasteiger partial charge in [-0.2, -0.15) is 5.10 Å². The van der Waals surface area contributed by atoms with Crippen molar-refractivity contribution in [1.82, 2.24) is 20.0 Å². The summed E-state index contributed by atoms with van der Waals surface area (Å²) in [6.07, 6.45) is 4.15. The Hall–Kier alpha value is -1.36. The van der Waals surface area contributed by atoms with Gasteiger partial charge in [0.05, 0.1) is 12.1 Å². The Morgan fingerprint density at radius 3 is 2.43 bits per heavy atom. The molecular formula is C18H32N4O. The number of aryl methyl sites for hydroxylation is 2. The number of hydrogen-bond acceptors (Lipinski definition) is 3. The maximum absolute atomic E-state index is 12.4. The second-order valence-electron chi connectivity index (χ2n) is 7.28. The second kappa shape index (κ2) is 7.95.